The average molecular weight is 398 g/mol. The van der Waals surface area contributed by atoms with Gasteiger partial charge in [-0.05, 0) is 36.6 Å². The van der Waals surface area contributed by atoms with Crippen LogP contribution in [0.2, 0.25) is 0 Å². The van der Waals surface area contributed by atoms with Crippen LogP contribution in [0.3, 0.4) is 0 Å². The molecular weight excluding hydrogens is 376 g/mol. The maximum atomic E-state index is 12.7. The minimum atomic E-state index is -0.306. The summed E-state index contributed by atoms with van der Waals surface area (Å²) in [6.45, 7) is 1.94. The van der Waals surface area contributed by atoms with Gasteiger partial charge in [0.2, 0.25) is 5.91 Å². The molecule has 1 unspecified atom stereocenters. The number of anilines is 2. The molecule has 7 nitrogen and oxygen atoms in total. The maximum absolute atomic E-state index is 12.7. The first-order valence-electron chi connectivity index (χ1n) is 8.72. The van der Waals surface area contributed by atoms with Crippen LogP contribution in [0, 0.1) is 5.92 Å². The number of ether oxygens (including phenoxy) is 1. The van der Waals surface area contributed by atoms with Crippen molar-refractivity contribution in [2.24, 2.45) is 11.0 Å². The number of nitrogen functional groups attached to an aromatic ring is 1. The lowest BCUT2D eigenvalue weighted by atomic mass is 9.93. The lowest BCUT2D eigenvalue weighted by molar-refractivity contribution is -0.121. The number of nitrogens with two attached hydrogens (primary N) is 1. The van der Waals surface area contributed by atoms with E-state index in [0.717, 1.165) is 16.2 Å². The molecule has 0 saturated carbocycles. The van der Waals surface area contributed by atoms with Gasteiger partial charge < -0.3 is 15.8 Å². The molecule has 146 valence electrons. The van der Waals surface area contributed by atoms with Gasteiger partial charge in [0.25, 0.3) is 5.91 Å². The van der Waals surface area contributed by atoms with E-state index >= 15 is 0 Å². The highest BCUT2D eigenvalue weighted by Gasteiger charge is 2.22. The number of carbonyl (C=O) groups excluding carboxylic acids is 2. The van der Waals surface area contributed by atoms with E-state index in [0.29, 0.717) is 29.1 Å². The van der Waals surface area contributed by atoms with Gasteiger partial charge in [-0.2, -0.15) is 5.10 Å². The summed E-state index contributed by atoms with van der Waals surface area (Å²) in [5, 5.41) is 6.96. The first-order chi connectivity index (χ1) is 13.4. The first-order valence-corrected chi connectivity index (χ1v) is 9.95. The third-order valence-electron chi connectivity index (χ3n) is 4.51. The van der Waals surface area contributed by atoms with Crippen LogP contribution >= 0.6 is 11.8 Å². The van der Waals surface area contributed by atoms with Crippen molar-refractivity contribution in [2.75, 3.05) is 24.4 Å². The van der Waals surface area contributed by atoms with E-state index in [1.807, 2.05) is 31.4 Å². The number of hydrogen-bond acceptors (Lipinski definition) is 6. The van der Waals surface area contributed by atoms with Crippen LogP contribution in [-0.4, -0.2) is 30.9 Å². The molecule has 0 spiro atoms. The molecule has 4 N–H and O–H groups in total. The van der Waals surface area contributed by atoms with Gasteiger partial charge >= 0.3 is 0 Å². The molecule has 0 aliphatic carbocycles. The Hall–Kier alpha value is -3.00. The second-order valence-corrected chi connectivity index (χ2v) is 7.34. The van der Waals surface area contributed by atoms with Gasteiger partial charge in [0.1, 0.15) is 5.75 Å². The molecule has 2 aromatic carbocycles. The maximum Gasteiger partial charge on any atom is 0.259 e. The number of hydrogen-bond donors (Lipinski definition) is 3. The Kier molecular flexibility index (Phi) is 5.89. The second-order valence-electron chi connectivity index (χ2n) is 6.46. The average Bonchev–Trinajstić information content (AvgIpc) is 2.69. The molecule has 8 heteroatoms. The van der Waals surface area contributed by atoms with Gasteiger partial charge in [-0.1, -0.05) is 13.0 Å². The smallest absolute Gasteiger partial charge is 0.259 e. The number of benzene rings is 2. The molecule has 1 aliphatic heterocycles. The van der Waals surface area contributed by atoms with Crippen LogP contribution in [0.25, 0.3) is 0 Å². The summed E-state index contributed by atoms with van der Waals surface area (Å²) in [5.41, 5.74) is 11.6. The second kappa shape index (κ2) is 8.35. The Morgan fingerprint density at radius 3 is 2.75 bits per heavy atom. The molecular formula is C20H22N4O3S. The van der Waals surface area contributed by atoms with E-state index in [2.05, 4.69) is 15.8 Å². The Morgan fingerprint density at radius 1 is 1.32 bits per heavy atom. The number of nitrogens with zero attached hydrogens (tertiary/aromatic N) is 1. The van der Waals surface area contributed by atoms with E-state index in [1.165, 1.54) is 7.11 Å². The predicted molar refractivity (Wildman–Crippen MR) is 112 cm³/mol. The lowest BCUT2D eigenvalue weighted by Gasteiger charge is -2.20. The van der Waals surface area contributed by atoms with E-state index in [9.17, 15) is 9.59 Å². The fraction of sp³-hybridized carbons (Fsp3) is 0.250. The summed E-state index contributed by atoms with van der Waals surface area (Å²) >= 11 is 1.57. The minimum Gasteiger partial charge on any atom is -0.496 e. The Bertz CT molecular complexity index is 958. The van der Waals surface area contributed by atoms with Crippen molar-refractivity contribution in [2.45, 2.75) is 18.2 Å². The monoisotopic (exact) mass is 398 g/mol. The third kappa shape index (κ3) is 4.12. The summed E-state index contributed by atoms with van der Waals surface area (Å²) < 4.78 is 5.34. The fourth-order valence-corrected chi connectivity index (χ4v) is 3.44. The molecule has 1 aliphatic rings. The molecule has 3 rings (SSSR count). The topological polar surface area (TPSA) is 106 Å². The zero-order chi connectivity index (χ0) is 20.3. The van der Waals surface area contributed by atoms with Crippen molar-refractivity contribution in [3.8, 4) is 5.75 Å². The minimum absolute atomic E-state index is 0.00666. The van der Waals surface area contributed by atoms with Gasteiger partial charge in [-0.25, -0.2) is 5.43 Å². The van der Waals surface area contributed by atoms with Crippen LogP contribution < -0.4 is 21.2 Å². The van der Waals surface area contributed by atoms with Crippen molar-refractivity contribution >= 4 is 40.7 Å². The molecule has 0 saturated heterocycles. The lowest BCUT2D eigenvalue weighted by Crippen LogP contribution is -2.32. The number of rotatable bonds is 5. The SMILES string of the molecule is COc1cc(SC)ccc1C(=O)Nc1ccc(C2=NNC(=O)CC2C)cc1N. The normalized spacial score (nSPS) is 16.2. The van der Waals surface area contributed by atoms with Gasteiger partial charge in [0.15, 0.2) is 0 Å². The largest absolute Gasteiger partial charge is 0.496 e. The highest BCUT2D eigenvalue weighted by Crippen LogP contribution is 2.28. The molecule has 2 aromatic rings. The number of thioether (sulfide) groups is 1. The van der Waals surface area contributed by atoms with Crippen molar-refractivity contribution < 1.29 is 14.3 Å². The zero-order valence-corrected chi connectivity index (χ0v) is 16.7. The summed E-state index contributed by atoms with van der Waals surface area (Å²) in [6.07, 6.45) is 2.34. The Morgan fingerprint density at radius 2 is 2.11 bits per heavy atom. The molecule has 1 heterocycles. The van der Waals surface area contributed by atoms with Crippen molar-refractivity contribution in [3.63, 3.8) is 0 Å². The van der Waals surface area contributed by atoms with Crippen molar-refractivity contribution in [1.82, 2.24) is 5.43 Å². The van der Waals surface area contributed by atoms with E-state index in [-0.39, 0.29) is 17.7 Å². The number of amides is 2. The standard InChI is InChI=1S/C20H22N4O3S/c1-11-8-18(25)23-24-19(11)12-4-7-16(15(21)9-12)22-20(26)14-6-5-13(28-3)10-17(14)27-2/h4-7,9-11H,8,21H2,1-3H3,(H,22,26)(H,23,25). The summed E-state index contributed by atoms with van der Waals surface area (Å²) in [4.78, 5) is 25.1. The summed E-state index contributed by atoms with van der Waals surface area (Å²) in [5.74, 6) is 0.0857. The third-order valence-corrected chi connectivity index (χ3v) is 5.23. The Labute approximate surface area is 167 Å². The van der Waals surface area contributed by atoms with Crippen LogP contribution in [0.4, 0.5) is 11.4 Å². The van der Waals surface area contributed by atoms with E-state index in [4.69, 9.17) is 10.5 Å². The highest BCUT2D eigenvalue weighted by molar-refractivity contribution is 7.98. The fourth-order valence-electron chi connectivity index (χ4n) is 3.01. The quantitative estimate of drug-likeness (QED) is 0.530. The molecule has 0 bridgehead atoms. The van der Waals surface area contributed by atoms with Crippen LogP contribution in [0.1, 0.15) is 29.3 Å². The zero-order valence-electron chi connectivity index (χ0n) is 15.9. The molecule has 2 amide bonds. The van der Waals surface area contributed by atoms with Gasteiger partial charge in [0.05, 0.1) is 29.8 Å². The molecule has 0 aromatic heterocycles. The molecule has 0 fully saturated rings. The van der Waals surface area contributed by atoms with Gasteiger partial charge in [-0.15, -0.1) is 11.8 Å². The van der Waals surface area contributed by atoms with Gasteiger partial charge in [-0.3, -0.25) is 9.59 Å². The molecule has 1 atom stereocenters. The van der Waals surface area contributed by atoms with E-state index < -0.39 is 0 Å². The number of nitrogens with one attached hydrogen (secondary N) is 2. The highest BCUT2D eigenvalue weighted by atomic mass is 32.2. The number of hydrazone groups is 1. The van der Waals surface area contributed by atoms with Crippen molar-refractivity contribution in [3.05, 3.63) is 47.5 Å². The predicted octanol–water partition coefficient (Wildman–Crippen LogP) is 3.11. The number of carbonyl (C=O) groups is 2. The summed E-state index contributed by atoms with van der Waals surface area (Å²) in [7, 11) is 1.53. The summed E-state index contributed by atoms with van der Waals surface area (Å²) in [6, 6.07) is 10.7. The Balaban J connectivity index is 1.82. The van der Waals surface area contributed by atoms with Gasteiger partial charge in [0, 0.05) is 22.8 Å². The molecule has 28 heavy (non-hydrogen) atoms. The van der Waals surface area contributed by atoms with Crippen LogP contribution in [0.5, 0.6) is 5.75 Å². The number of methoxy groups -OCH3 is 1. The van der Waals surface area contributed by atoms with E-state index in [1.54, 1.807) is 30.0 Å². The van der Waals surface area contributed by atoms with Crippen LogP contribution in [0.15, 0.2) is 46.4 Å². The van der Waals surface area contributed by atoms with Crippen molar-refractivity contribution in [1.29, 1.82) is 0 Å². The first kappa shape index (κ1) is 19.8. The van der Waals surface area contributed by atoms with Crippen LogP contribution in [-0.2, 0) is 4.79 Å². The molecule has 0 radical (unpaired) electrons.